The largest absolute Gasteiger partial charge is 0.240 e. The molecule has 0 aromatic carbocycles. The van der Waals surface area contributed by atoms with Crippen LogP contribution in [-0.4, -0.2) is 5.08 Å². The molecule has 0 aliphatic rings. The summed E-state index contributed by atoms with van der Waals surface area (Å²) < 4.78 is 4.30. The fourth-order valence-corrected chi connectivity index (χ4v) is 3.55. The standard InChI is InChI=1S/C13H16N2S2/c1-14-9-5-3-7-12(14)16-11-17-13-8-4-6-10-15(13)2/h3-10H,11H2,1-2H3/q+2. The Hall–Kier alpha value is -1.00. The monoisotopic (exact) mass is 264 g/mol. The van der Waals surface area contributed by atoms with Gasteiger partial charge in [0.05, 0.1) is 5.08 Å². The van der Waals surface area contributed by atoms with E-state index in [2.05, 4.69) is 59.9 Å². The molecule has 4 heteroatoms. The molecule has 2 nitrogen and oxygen atoms in total. The molecule has 0 aliphatic heterocycles. The first kappa shape index (κ1) is 12.5. The van der Waals surface area contributed by atoms with Gasteiger partial charge in [-0.25, -0.2) is 0 Å². The van der Waals surface area contributed by atoms with Crippen LogP contribution in [0.25, 0.3) is 0 Å². The topological polar surface area (TPSA) is 7.76 Å². The number of aryl methyl sites for hydroxylation is 2. The van der Waals surface area contributed by atoms with Crippen molar-refractivity contribution >= 4 is 23.5 Å². The maximum absolute atomic E-state index is 2.15. The second-order valence-electron chi connectivity index (χ2n) is 3.71. The summed E-state index contributed by atoms with van der Waals surface area (Å²) in [4.78, 5) is 0. The van der Waals surface area contributed by atoms with Crippen molar-refractivity contribution in [2.75, 3.05) is 5.08 Å². The van der Waals surface area contributed by atoms with Gasteiger partial charge in [0.2, 0.25) is 10.1 Å². The van der Waals surface area contributed by atoms with Crippen molar-refractivity contribution in [1.82, 2.24) is 0 Å². The second-order valence-corrected chi connectivity index (χ2v) is 6.06. The summed E-state index contributed by atoms with van der Waals surface area (Å²) in [7, 11) is 4.16. The van der Waals surface area contributed by atoms with Gasteiger partial charge in [-0.05, 0) is 35.7 Å². The molecular formula is C13H16N2S2+2. The highest BCUT2D eigenvalue weighted by atomic mass is 32.2. The van der Waals surface area contributed by atoms with Crippen molar-refractivity contribution in [2.45, 2.75) is 10.1 Å². The highest BCUT2D eigenvalue weighted by Crippen LogP contribution is 2.23. The normalized spacial score (nSPS) is 10.5. The third-order valence-corrected chi connectivity index (χ3v) is 4.81. The number of rotatable bonds is 4. The van der Waals surface area contributed by atoms with Gasteiger partial charge < -0.3 is 0 Å². The Balaban J connectivity index is 1.93. The number of nitrogens with zero attached hydrogens (tertiary/aromatic N) is 2. The fourth-order valence-electron chi connectivity index (χ4n) is 1.47. The van der Waals surface area contributed by atoms with E-state index in [4.69, 9.17) is 0 Å². The SMILES string of the molecule is C[n+]1ccccc1SCSc1cccc[n+]1C. The lowest BCUT2D eigenvalue weighted by molar-refractivity contribution is -0.709. The highest BCUT2D eigenvalue weighted by Gasteiger charge is 2.09. The average Bonchev–Trinajstić information content (AvgIpc) is 2.34. The Morgan fingerprint density at radius 1 is 0.824 bits per heavy atom. The number of aromatic nitrogens is 2. The fraction of sp³-hybridized carbons (Fsp3) is 0.231. The summed E-state index contributed by atoms with van der Waals surface area (Å²) in [6.45, 7) is 0. The lowest BCUT2D eigenvalue weighted by Crippen LogP contribution is -2.30. The number of pyridine rings is 2. The Kier molecular flexibility index (Phi) is 4.45. The van der Waals surface area contributed by atoms with Crippen LogP contribution in [0.2, 0.25) is 0 Å². The molecule has 0 unspecified atom stereocenters. The molecule has 2 aromatic rings. The van der Waals surface area contributed by atoms with Crippen molar-refractivity contribution in [2.24, 2.45) is 14.1 Å². The Morgan fingerprint density at radius 3 is 1.71 bits per heavy atom. The van der Waals surface area contributed by atoms with Gasteiger partial charge in [-0.2, -0.15) is 9.13 Å². The van der Waals surface area contributed by atoms with Gasteiger partial charge in [-0.3, -0.25) is 0 Å². The number of hydrogen-bond donors (Lipinski definition) is 0. The molecule has 0 amide bonds. The van der Waals surface area contributed by atoms with E-state index in [0.29, 0.717) is 0 Å². The predicted octanol–water partition coefficient (Wildman–Crippen LogP) is 2.18. The molecule has 0 N–H and O–H groups in total. The van der Waals surface area contributed by atoms with Crippen molar-refractivity contribution in [1.29, 1.82) is 0 Å². The van der Waals surface area contributed by atoms with Crippen LogP contribution < -0.4 is 9.13 Å². The molecule has 88 valence electrons. The maximum Gasteiger partial charge on any atom is 0.240 e. The number of hydrogen-bond acceptors (Lipinski definition) is 2. The molecule has 2 heterocycles. The zero-order valence-corrected chi connectivity index (χ0v) is 11.7. The molecule has 0 bridgehead atoms. The lowest BCUT2D eigenvalue weighted by atomic mass is 10.5. The van der Waals surface area contributed by atoms with Gasteiger partial charge in [-0.1, -0.05) is 0 Å². The van der Waals surface area contributed by atoms with Crippen LogP contribution in [0.5, 0.6) is 0 Å². The third kappa shape index (κ3) is 3.48. The highest BCUT2D eigenvalue weighted by molar-refractivity contribution is 8.15. The summed E-state index contributed by atoms with van der Waals surface area (Å²) >= 11 is 3.73. The van der Waals surface area contributed by atoms with Crippen molar-refractivity contribution < 1.29 is 9.13 Å². The van der Waals surface area contributed by atoms with E-state index in [-0.39, 0.29) is 0 Å². The predicted molar refractivity (Wildman–Crippen MR) is 71.8 cm³/mol. The third-order valence-electron chi connectivity index (χ3n) is 2.43. The van der Waals surface area contributed by atoms with Crippen LogP contribution in [0.4, 0.5) is 0 Å². The summed E-state index contributed by atoms with van der Waals surface area (Å²) in [6, 6.07) is 12.6. The quantitative estimate of drug-likeness (QED) is 0.475. The van der Waals surface area contributed by atoms with Gasteiger partial charge in [0.15, 0.2) is 12.4 Å². The molecule has 0 saturated heterocycles. The molecule has 0 spiro atoms. The second kappa shape index (κ2) is 6.07. The van der Waals surface area contributed by atoms with Crippen LogP contribution in [0.1, 0.15) is 0 Å². The van der Waals surface area contributed by atoms with E-state index in [9.17, 15) is 0 Å². The molecule has 0 radical (unpaired) electrons. The van der Waals surface area contributed by atoms with Crippen LogP contribution in [0, 0.1) is 0 Å². The molecule has 17 heavy (non-hydrogen) atoms. The first-order chi connectivity index (χ1) is 8.27. The zero-order chi connectivity index (χ0) is 12.1. The van der Waals surface area contributed by atoms with E-state index in [1.54, 1.807) is 0 Å². The van der Waals surface area contributed by atoms with E-state index in [0.717, 1.165) is 5.08 Å². The zero-order valence-electron chi connectivity index (χ0n) is 10.0. The minimum absolute atomic E-state index is 1.02. The van der Waals surface area contributed by atoms with Crippen LogP contribution in [0.15, 0.2) is 58.8 Å². The summed E-state index contributed by atoms with van der Waals surface area (Å²) in [5.41, 5.74) is 0. The van der Waals surface area contributed by atoms with Gasteiger partial charge in [0.1, 0.15) is 14.1 Å². The Labute approximate surface area is 111 Å². The smallest absolute Gasteiger partial charge is 0.196 e. The average molecular weight is 264 g/mol. The van der Waals surface area contributed by atoms with Crippen molar-refractivity contribution in [3.05, 3.63) is 48.8 Å². The Bertz CT molecular complexity index is 455. The minimum Gasteiger partial charge on any atom is -0.196 e. The van der Waals surface area contributed by atoms with E-state index < -0.39 is 0 Å². The maximum atomic E-state index is 2.15. The van der Waals surface area contributed by atoms with Crippen molar-refractivity contribution in [3.63, 3.8) is 0 Å². The molecule has 2 aromatic heterocycles. The van der Waals surface area contributed by atoms with Crippen molar-refractivity contribution in [3.8, 4) is 0 Å². The van der Waals surface area contributed by atoms with Gasteiger partial charge in [-0.15, -0.1) is 0 Å². The van der Waals surface area contributed by atoms with E-state index in [1.165, 1.54) is 10.1 Å². The van der Waals surface area contributed by atoms with Gasteiger partial charge >= 0.3 is 0 Å². The number of thioether (sulfide) groups is 2. The summed E-state index contributed by atoms with van der Waals surface area (Å²) in [5, 5.41) is 3.60. The van der Waals surface area contributed by atoms with Crippen LogP contribution in [0.3, 0.4) is 0 Å². The lowest BCUT2D eigenvalue weighted by Gasteiger charge is -1.99. The molecular weight excluding hydrogens is 248 g/mol. The molecule has 0 saturated carbocycles. The first-order valence-corrected chi connectivity index (χ1v) is 7.39. The molecule has 2 rings (SSSR count). The van der Waals surface area contributed by atoms with Gasteiger partial charge in [0, 0.05) is 24.3 Å². The van der Waals surface area contributed by atoms with Crippen LogP contribution >= 0.6 is 23.5 Å². The van der Waals surface area contributed by atoms with Crippen LogP contribution in [-0.2, 0) is 14.1 Å². The van der Waals surface area contributed by atoms with E-state index >= 15 is 0 Å². The first-order valence-electron chi connectivity index (χ1n) is 5.42. The summed E-state index contributed by atoms with van der Waals surface area (Å²) in [5.74, 6) is 0. The van der Waals surface area contributed by atoms with Gasteiger partial charge in [0.25, 0.3) is 0 Å². The Morgan fingerprint density at radius 2 is 1.29 bits per heavy atom. The molecule has 0 aliphatic carbocycles. The molecule has 0 atom stereocenters. The van der Waals surface area contributed by atoms with E-state index in [1.807, 2.05) is 35.7 Å². The summed E-state index contributed by atoms with van der Waals surface area (Å²) in [6.07, 6.45) is 4.16. The molecule has 0 fully saturated rings. The minimum atomic E-state index is 1.02.